The van der Waals surface area contributed by atoms with Crippen LogP contribution in [0.2, 0.25) is 0 Å². The van der Waals surface area contributed by atoms with E-state index in [0.29, 0.717) is 12.5 Å². The quantitative estimate of drug-likeness (QED) is 0.891. The van der Waals surface area contributed by atoms with Crippen LogP contribution in [0.1, 0.15) is 37.9 Å². The summed E-state index contributed by atoms with van der Waals surface area (Å²) in [7, 11) is 1.62. The molecule has 4 heteroatoms. The van der Waals surface area contributed by atoms with E-state index in [0.717, 1.165) is 29.9 Å². The normalized spacial score (nSPS) is 33.6. The fraction of sp³-hybridized carbons (Fsp3) is 0.600. The molecule has 1 aromatic carbocycles. The van der Waals surface area contributed by atoms with Gasteiger partial charge in [0.25, 0.3) is 0 Å². The molecule has 1 fully saturated rings. The molecule has 0 saturated carbocycles. The summed E-state index contributed by atoms with van der Waals surface area (Å²) >= 11 is 0. The van der Waals surface area contributed by atoms with E-state index in [-0.39, 0.29) is 12.2 Å². The Bertz CT molecular complexity index is 459. The number of hydrogen-bond donors (Lipinski definition) is 1. The second-order valence-electron chi connectivity index (χ2n) is 5.37. The summed E-state index contributed by atoms with van der Waals surface area (Å²) in [4.78, 5) is 0. The van der Waals surface area contributed by atoms with Gasteiger partial charge in [0.1, 0.15) is 17.6 Å². The van der Waals surface area contributed by atoms with Crippen LogP contribution in [0.3, 0.4) is 0 Å². The Morgan fingerprint density at radius 2 is 2.11 bits per heavy atom. The number of fused-ring (bicyclic) bond motifs is 1. The van der Waals surface area contributed by atoms with Crippen LogP contribution in [0.4, 0.5) is 0 Å². The zero-order valence-electron chi connectivity index (χ0n) is 11.3. The zero-order chi connectivity index (χ0) is 13.4. The van der Waals surface area contributed by atoms with Crippen LogP contribution in [0.25, 0.3) is 0 Å². The summed E-state index contributed by atoms with van der Waals surface area (Å²) in [5.74, 6) is 1.48. The molecule has 0 radical (unpaired) electrons. The average Bonchev–Trinajstić information content (AvgIpc) is 2.85. The molecule has 0 bridgehead atoms. The number of methoxy groups -OCH3 is 1. The molecule has 4 nitrogen and oxygen atoms in total. The van der Waals surface area contributed by atoms with Gasteiger partial charge in [0, 0.05) is 12.0 Å². The molecule has 1 N–H and O–H groups in total. The van der Waals surface area contributed by atoms with Crippen molar-refractivity contribution in [2.75, 3.05) is 7.11 Å². The minimum Gasteiger partial charge on any atom is -0.497 e. The lowest BCUT2D eigenvalue weighted by Gasteiger charge is -2.33. The van der Waals surface area contributed by atoms with Crippen molar-refractivity contribution < 1.29 is 19.3 Å². The SMILES string of the molecule is COc1ccc2c(c1)[C@H](O)CC(C1CCC(C)O1)O2. The van der Waals surface area contributed by atoms with Gasteiger partial charge in [0.05, 0.1) is 25.4 Å². The molecular weight excluding hydrogens is 244 g/mol. The van der Waals surface area contributed by atoms with Gasteiger partial charge < -0.3 is 19.3 Å². The van der Waals surface area contributed by atoms with Crippen molar-refractivity contribution >= 4 is 0 Å². The number of aliphatic hydroxyl groups excluding tert-OH is 1. The Kier molecular flexibility index (Phi) is 3.37. The third-order valence-corrected chi connectivity index (χ3v) is 3.99. The first-order chi connectivity index (χ1) is 9.17. The smallest absolute Gasteiger partial charge is 0.128 e. The van der Waals surface area contributed by atoms with Crippen LogP contribution in [0.15, 0.2) is 18.2 Å². The second kappa shape index (κ2) is 5.02. The number of benzene rings is 1. The van der Waals surface area contributed by atoms with E-state index in [2.05, 4.69) is 6.92 Å². The molecule has 3 unspecified atom stereocenters. The molecular formula is C15H20O4. The topological polar surface area (TPSA) is 47.9 Å². The highest BCUT2D eigenvalue weighted by Crippen LogP contribution is 2.39. The van der Waals surface area contributed by atoms with E-state index in [9.17, 15) is 5.11 Å². The number of rotatable bonds is 2. The first-order valence-electron chi connectivity index (χ1n) is 6.85. The highest BCUT2D eigenvalue weighted by molar-refractivity contribution is 5.43. The summed E-state index contributed by atoms with van der Waals surface area (Å²) in [6.45, 7) is 2.08. The van der Waals surface area contributed by atoms with E-state index in [4.69, 9.17) is 14.2 Å². The molecule has 1 saturated heterocycles. The largest absolute Gasteiger partial charge is 0.497 e. The zero-order valence-corrected chi connectivity index (χ0v) is 11.3. The van der Waals surface area contributed by atoms with Crippen molar-refractivity contribution in [3.8, 4) is 11.5 Å². The third-order valence-electron chi connectivity index (χ3n) is 3.99. The molecule has 104 valence electrons. The van der Waals surface area contributed by atoms with Crippen LogP contribution in [0, 0.1) is 0 Å². The fourth-order valence-corrected chi connectivity index (χ4v) is 2.91. The van der Waals surface area contributed by atoms with Gasteiger partial charge in [0.2, 0.25) is 0 Å². The molecule has 0 aromatic heterocycles. The maximum absolute atomic E-state index is 10.3. The van der Waals surface area contributed by atoms with Gasteiger partial charge in [-0.25, -0.2) is 0 Å². The van der Waals surface area contributed by atoms with Gasteiger partial charge in [-0.3, -0.25) is 0 Å². The Balaban J connectivity index is 1.80. The number of hydrogen-bond acceptors (Lipinski definition) is 4. The molecule has 3 rings (SSSR count). The van der Waals surface area contributed by atoms with Crippen LogP contribution < -0.4 is 9.47 Å². The first-order valence-corrected chi connectivity index (χ1v) is 6.85. The molecule has 1 aromatic rings. The fourth-order valence-electron chi connectivity index (χ4n) is 2.91. The lowest BCUT2D eigenvalue weighted by molar-refractivity contribution is -0.0466. The molecule has 4 atom stereocenters. The van der Waals surface area contributed by atoms with Gasteiger partial charge in [-0.15, -0.1) is 0 Å². The van der Waals surface area contributed by atoms with Gasteiger partial charge in [-0.1, -0.05) is 0 Å². The monoisotopic (exact) mass is 264 g/mol. The Labute approximate surface area is 113 Å². The summed E-state index contributed by atoms with van der Waals surface area (Å²) in [6, 6.07) is 5.56. The Morgan fingerprint density at radius 1 is 1.26 bits per heavy atom. The summed E-state index contributed by atoms with van der Waals surface area (Å²) in [5, 5.41) is 10.3. The van der Waals surface area contributed by atoms with Gasteiger partial charge in [-0.2, -0.15) is 0 Å². The predicted octanol–water partition coefficient (Wildman–Crippen LogP) is 2.45. The van der Waals surface area contributed by atoms with Gasteiger partial charge >= 0.3 is 0 Å². The van der Waals surface area contributed by atoms with E-state index in [1.807, 2.05) is 18.2 Å². The Morgan fingerprint density at radius 3 is 2.79 bits per heavy atom. The molecule has 0 aliphatic carbocycles. The number of aliphatic hydroxyl groups is 1. The molecule has 2 aliphatic rings. The van der Waals surface area contributed by atoms with Crippen molar-refractivity contribution in [3.05, 3.63) is 23.8 Å². The summed E-state index contributed by atoms with van der Waals surface area (Å²) in [6.07, 6.45) is 2.48. The summed E-state index contributed by atoms with van der Waals surface area (Å²) < 4.78 is 17.0. The van der Waals surface area contributed by atoms with E-state index < -0.39 is 6.10 Å². The standard InChI is InChI=1S/C15H20O4/c1-9-3-5-14(18-9)15-8-12(16)11-7-10(17-2)4-6-13(11)19-15/h4,6-7,9,12,14-16H,3,5,8H2,1-2H3/t9?,12-,14?,15?/m1/s1. The first kappa shape index (κ1) is 12.8. The van der Waals surface area contributed by atoms with E-state index in [1.54, 1.807) is 7.11 Å². The van der Waals surface area contributed by atoms with Crippen molar-refractivity contribution in [1.29, 1.82) is 0 Å². The van der Waals surface area contributed by atoms with Crippen LogP contribution in [-0.4, -0.2) is 30.5 Å². The van der Waals surface area contributed by atoms with Crippen LogP contribution >= 0.6 is 0 Å². The van der Waals surface area contributed by atoms with Gasteiger partial charge in [0.15, 0.2) is 0 Å². The molecule has 0 spiro atoms. The average molecular weight is 264 g/mol. The molecule has 2 heterocycles. The molecule has 0 amide bonds. The lowest BCUT2D eigenvalue weighted by atomic mass is 9.95. The van der Waals surface area contributed by atoms with E-state index in [1.165, 1.54) is 0 Å². The minimum atomic E-state index is -0.511. The molecule has 19 heavy (non-hydrogen) atoms. The van der Waals surface area contributed by atoms with Crippen molar-refractivity contribution in [1.82, 2.24) is 0 Å². The third kappa shape index (κ3) is 2.42. The van der Waals surface area contributed by atoms with Crippen molar-refractivity contribution in [2.45, 2.75) is 50.6 Å². The highest BCUT2D eigenvalue weighted by atomic mass is 16.6. The van der Waals surface area contributed by atoms with Crippen LogP contribution in [-0.2, 0) is 4.74 Å². The highest BCUT2D eigenvalue weighted by Gasteiger charge is 2.36. The number of ether oxygens (including phenoxy) is 3. The maximum atomic E-state index is 10.3. The molecule has 2 aliphatic heterocycles. The van der Waals surface area contributed by atoms with Gasteiger partial charge in [-0.05, 0) is 38.0 Å². The van der Waals surface area contributed by atoms with Crippen molar-refractivity contribution in [3.63, 3.8) is 0 Å². The predicted molar refractivity (Wildman–Crippen MR) is 70.6 cm³/mol. The minimum absolute atomic E-state index is 0.0548. The van der Waals surface area contributed by atoms with E-state index >= 15 is 0 Å². The van der Waals surface area contributed by atoms with Crippen molar-refractivity contribution in [2.24, 2.45) is 0 Å². The summed E-state index contributed by atoms with van der Waals surface area (Å²) in [5.41, 5.74) is 0.807. The maximum Gasteiger partial charge on any atom is 0.128 e. The second-order valence-corrected chi connectivity index (χ2v) is 5.37. The van der Waals surface area contributed by atoms with Crippen LogP contribution in [0.5, 0.6) is 11.5 Å². The Hall–Kier alpha value is -1.26. The lowest BCUT2D eigenvalue weighted by Crippen LogP contribution is -2.36.